The number of methoxy groups -OCH3 is 1. The fraction of sp³-hybridized carbons (Fsp3) is 0.167. The van der Waals surface area contributed by atoms with E-state index in [4.69, 9.17) is 9.47 Å². The molecular formula is C18H18N2O2. The molecule has 0 bridgehead atoms. The number of benzene rings is 2. The second-order valence-corrected chi connectivity index (χ2v) is 5.02. The number of nitrogens with one attached hydrogen (secondary N) is 1. The maximum absolute atomic E-state index is 6.01. The normalized spacial score (nSPS) is 10.5. The van der Waals surface area contributed by atoms with E-state index >= 15 is 0 Å². The molecule has 0 spiro atoms. The summed E-state index contributed by atoms with van der Waals surface area (Å²) in [5.41, 5.74) is 2.96. The first kappa shape index (κ1) is 14.2. The number of pyridine rings is 1. The molecule has 1 heterocycles. The van der Waals surface area contributed by atoms with Crippen LogP contribution in [0.4, 0.5) is 5.69 Å². The minimum Gasteiger partial charge on any atom is -0.496 e. The molecule has 0 unspecified atom stereocenters. The molecule has 0 saturated carbocycles. The van der Waals surface area contributed by atoms with Gasteiger partial charge in [0.1, 0.15) is 17.2 Å². The van der Waals surface area contributed by atoms with E-state index in [0.29, 0.717) is 0 Å². The smallest absolute Gasteiger partial charge is 0.138 e. The molecule has 4 heteroatoms. The van der Waals surface area contributed by atoms with Crippen molar-refractivity contribution in [2.24, 2.45) is 0 Å². The van der Waals surface area contributed by atoms with Crippen molar-refractivity contribution >= 4 is 16.6 Å². The molecule has 3 rings (SSSR count). The number of aryl methyl sites for hydroxylation is 1. The predicted octanol–water partition coefficient (Wildman–Crippen LogP) is 4.39. The lowest BCUT2D eigenvalue weighted by Gasteiger charge is -2.11. The van der Waals surface area contributed by atoms with Crippen LogP contribution in [0.15, 0.2) is 48.7 Å². The Morgan fingerprint density at radius 3 is 2.45 bits per heavy atom. The molecule has 0 atom stereocenters. The van der Waals surface area contributed by atoms with Crippen LogP contribution >= 0.6 is 0 Å². The first-order valence-electron chi connectivity index (χ1n) is 7.10. The predicted molar refractivity (Wildman–Crippen MR) is 89.1 cm³/mol. The van der Waals surface area contributed by atoms with Gasteiger partial charge >= 0.3 is 0 Å². The van der Waals surface area contributed by atoms with Gasteiger partial charge in [0.15, 0.2) is 0 Å². The van der Waals surface area contributed by atoms with Gasteiger partial charge in [-0.15, -0.1) is 0 Å². The van der Waals surface area contributed by atoms with E-state index in [1.54, 1.807) is 13.3 Å². The number of hydrogen-bond acceptors (Lipinski definition) is 4. The molecule has 0 radical (unpaired) electrons. The highest BCUT2D eigenvalue weighted by Crippen LogP contribution is 2.33. The highest BCUT2D eigenvalue weighted by molar-refractivity contribution is 5.87. The lowest BCUT2D eigenvalue weighted by Crippen LogP contribution is -1.92. The summed E-state index contributed by atoms with van der Waals surface area (Å²) in [5.74, 6) is 2.41. The molecule has 112 valence electrons. The maximum atomic E-state index is 6.01. The third-order valence-corrected chi connectivity index (χ3v) is 3.59. The van der Waals surface area contributed by atoms with Crippen LogP contribution in [-0.2, 0) is 0 Å². The summed E-state index contributed by atoms with van der Waals surface area (Å²) in [6.45, 7) is 2.01. The Kier molecular flexibility index (Phi) is 3.83. The summed E-state index contributed by atoms with van der Waals surface area (Å²) in [6, 6.07) is 13.7. The molecule has 0 amide bonds. The summed E-state index contributed by atoms with van der Waals surface area (Å²) in [5, 5.41) is 4.06. The number of rotatable bonds is 4. The number of aromatic nitrogens is 1. The maximum Gasteiger partial charge on any atom is 0.138 e. The zero-order valence-electron chi connectivity index (χ0n) is 12.9. The lowest BCUT2D eigenvalue weighted by atomic mass is 10.1. The zero-order chi connectivity index (χ0) is 15.5. The van der Waals surface area contributed by atoms with Crippen molar-refractivity contribution in [1.82, 2.24) is 4.98 Å². The van der Waals surface area contributed by atoms with Crippen molar-refractivity contribution < 1.29 is 9.47 Å². The number of nitrogens with zero attached hydrogens (tertiary/aromatic N) is 1. The Balaban J connectivity index is 2.00. The third-order valence-electron chi connectivity index (χ3n) is 3.59. The zero-order valence-corrected chi connectivity index (χ0v) is 12.9. The summed E-state index contributed by atoms with van der Waals surface area (Å²) in [6.07, 6.45) is 1.74. The average molecular weight is 294 g/mol. The molecule has 0 aliphatic rings. The Labute approximate surface area is 129 Å². The number of hydrogen-bond donors (Lipinski definition) is 1. The van der Waals surface area contributed by atoms with Crippen molar-refractivity contribution in [1.29, 1.82) is 0 Å². The van der Waals surface area contributed by atoms with Gasteiger partial charge in [-0.3, -0.25) is 4.98 Å². The molecule has 1 aromatic heterocycles. The Hall–Kier alpha value is -2.75. The standard InChI is InChI=1S/C18H18N2O2/c1-12-10-15-16(11-18(12)21-3)20-9-8-17(15)22-14-6-4-13(19-2)5-7-14/h4-11,19H,1-3H3. The first-order chi connectivity index (χ1) is 10.7. The van der Waals surface area contributed by atoms with Gasteiger partial charge in [-0.1, -0.05) is 0 Å². The van der Waals surface area contributed by atoms with E-state index < -0.39 is 0 Å². The molecule has 22 heavy (non-hydrogen) atoms. The van der Waals surface area contributed by atoms with Crippen LogP contribution in [0.5, 0.6) is 17.2 Å². The third kappa shape index (κ3) is 2.68. The summed E-state index contributed by atoms with van der Waals surface area (Å²) < 4.78 is 11.4. The summed E-state index contributed by atoms with van der Waals surface area (Å²) in [4.78, 5) is 4.39. The van der Waals surface area contributed by atoms with Crippen LogP contribution in [0, 0.1) is 6.92 Å². The van der Waals surface area contributed by atoms with Gasteiger partial charge < -0.3 is 14.8 Å². The molecular weight excluding hydrogens is 276 g/mol. The topological polar surface area (TPSA) is 43.4 Å². The molecule has 2 aromatic carbocycles. The molecule has 0 fully saturated rings. The fourth-order valence-electron chi connectivity index (χ4n) is 2.38. The first-order valence-corrected chi connectivity index (χ1v) is 7.10. The Morgan fingerprint density at radius 1 is 1.00 bits per heavy atom. The second-order valence-electron chi connectivity index (χ2n) is 5.02. The van der Waals surface area contributed by atoms with Crippen molar-refractivity contribution in [2.75, 3.05) is 19.5 Å². The number of ether oxygens (including phenoxy) is 2. The second kappa shape index (κ2) is 5.93. The monoisotopic (exact) mass is 294 g/mol. The Bertz CT molecular complexity index is 798. The van der Waals surface area contributed by atoms with Gasteiger partial charge in [0.05, 0.1) is 12.6 Å². The van der Waals surface area contributed by atoms with Gasteiger partial charge in [-0.05, 0) is 48.9 Å². The quantitative estimate of drug-likeness (QED) is 0.775. The van der Waals surface area contributed by atoms with Crippen molar-refractivity contribution in [3.05, 3.63) is 54.2 Å². The van der Waals surface area contributed by atoms with Crippen LogP contribution in [0.3, 0.4) is 0 Å². The van der Waals surface area contributed by atoms with E-state index in [1.165, 1.54) is 0 Å². The molecule has 0 aliphatic heterocycles. The van der Waals surface area contributed by atoms with Gasteiger partial charge in [0.2, 0.25) is 0 Å². The lowest BCUT2D eigenvalue weighted by molar-refractivity contribution is 0.412. The van der Waals surface area contributed by atoms with Crippen LogP contribution in [-0.4, -0.2) is 19.1 Å². The van der Waals surface area contributed by atoms with Crippen LogP contribution in [0.25, 0.3) is 10.9 Å². The summed E-state index contributed by atoms with van der Waals surface area (Å²) in [7, 11) is 3.56. The number of fused-ring (bicyclic) bond motifs is 1. The van der Waals surface area contributed by atoms with E-state index in [0.717, 1.165) is 39.4 Å². The van der Waals surface area contributed by atoms with Gasteiger partial charge in [0, 0.05) is 30.4 Å². The van der Waals surface area contributed by atoms with Crippen molar-refractivity contribution in [3.8, 4) is 17.2 Å². The molecule has 1 N–H and O–H groups in total. The van der Waals surface area contributed by atoms with E-state index in [9.17, 15) is 0 Å². The highest BCUT2D eigenvalue weighted by Gasteiger charge is 2.08. The summed E-state index contributed by atoms with van der Waals surface area (Å²) >= 11 is 0. The van der Waals surface area contributed by atoms with Crippen molar-refractivity contribution in [2.45, 2.75) is 6.92 Å². The van der Waals surface area contributed by atoms with E-state index in [1.807, 2.05) is 56.4 Å². The van der Waals surface area contributed by atoms with Crippen LogP contribution in [0.1, 0.15) is 5.56 Å². The van der Waals surface area contributed by atoms with Gasteiger partial charge in [-0.2, -0.15) is 0 Å². The molecule has 0 saturated heterocycles. The molecule has 0 aliphatic carbocycles. The minimum atomic E-state index is 0.785. The van der Waals surface area contributed by atoms with Gasteiger partial charge in [0.25, 0.3) is 0 Å². The van der Waals surface area contributed by atoms with E-state index in [2.05, 4.69) is 10.3 Å². The SMILES string of the molecule is CNc1ccc(Oc2ccnc3cc(OC)c(C)cc23)cc1. The minimum absolute atomic E-state index is 0.785. The largest absolute Gasteiger partial charge is 0.496 e. The molecule has 3 aromatic rings. The fourth-order valence-corrected chi connectivity index (χ4v) is 2.38. The van der Waals surface area contributed by atoms with E-state index in [-0.39, 0.29) is 0 Å². The number of anilines is 1. The van der Waals surface area contributed by atoms with Gasteiger partial charge in [-0.25, -0.2) is 0 Å². The average Bonchev–Trinajstić information content (AvgIpc) is 2.55. The van der Waals surface area contributed by atoms with Crippen LogP contribution in [0.2, 0.25) is 0 Å². The Morgan fingerprint density at radius 2 is 1.77 bits per heavy atom. The highest BCUT2D eigenvalue weighted by atomic mass is 16.5. The van der Waals surface area contributed by atoms with Crippen LogP contribution < -0.4 is 14.8 Å². The molecule has 4 nitrogen and oxygen atoms in total. The van der Waals surface area contributed by atoms with Crippen molar-refractivity contribution in [3.63, 3.8) is 0 Å².